The number of rotatable bonds is 0. The van der Waals surface area contributed by atoms with Gasteiger partial charge in [-0.2, -0.15) is 26.3 Å². The van der Waals surface area contributed by atoms with Crippen molar-refractivity contribution in [1.29, 1.82) is 0 Å². The molecule has 0 amide bonds. The molecule has 1 aliphatic carbocycles. The molecule has 2 aromatic heterocycles. The molecule has 0 saturated heterocycles. The molecule has 0 fully saturated rings. The molecule has 4 aromatic rings. The molecule has 0 unspecified atom stereocenters. The van der Waals surface area contributed by atoms with Crippen molar-refractivity contribution in [3.05, 3.63) is 91.7 Å². The summed E-state index contributed by atoms with van der Waals surface area (Å²) >= 11 is 2.21. The summed E-state index contributed by atoms with van der Waals surface area (Å²) in [7, 11) is 0. The molecule has 7 nitrogen and oxygen atoms in total. The van der Waals surface area contributed by atoms with Gasteiger partial charge in [0.15, 0.2) is 0 Å². The van der Waals surface area contributed by atoms with Crippen LogP contribution in [0.4, 0.5) is 26.3 Å². The average molecular weight is 855 g/mol. The average Bonchev–Trinajstić information content (AvgIpc) is 3.68. The second-order valence-electron chi connectivity index (χ2n) is 14.0. The minimum absolute atomic E-state index is 0.226. The zero-order valence-electron chi connectivity index (χ0n) is 33.0. The summed E-state index contributed by atoms with van der Waals surface area (Å²) in [6.45, 7) is 11.4. The largest absolute Gasteiger partial charge is 0.380 e. The van der Waals surface area contributed by atoms with E-state index in [1.54, 1.807) is 24.3 Å². The van der Waals surface area contributed by atoms with Crippen LogP contribution in [0.1, 0.15) is 43.1 Å². The number of halogens is 6. The summed E-state index contributed by atoms with van der Waals surface area (Å²) in [4.78, 5) is 1.51. The van der Waals surface area contributed by atoms with E-state index in [1.165, 1.54) is 27.7 Å². The Morgan fingerprint density at radius 1 is 0.414 bits per heavy atom. The van der Waals surface area contributed by atoms with Crippen molar-refractivity contribution in [2.24, 2.45) is 0 Å². The van der Waals surface area contributed by atoms with E-state index in [-0.39, 0.29) is 45.2 Å². The predicted octanol–water partition coefficient (Wildman–Crippen LogP) is 10.3. The SMILES string of the molecule is Cc1sc2c(C)c1C1=C(c3c(C)sc(c3C)-c3ccc(cc3)COCCOCCOCCOCCOCCOCCOCc3ccc-2cc3)C(F)(F)C(F)(F)C1(F)F. The highest BCUT2D eigenvalue weighted by Crippen LogP contribution is 2.67. The molecule has 2 aromatic carbocycles. The van der Waals surface area contributed by atoms with E-state index in [2.05, 4.69) is 0 Å². The maximum atomic E-state index is 16.1. The Balaban J connectivity index is 1.29. The normalized spacial score (nSPS) is 20.5. The zero-order chi connectivity index (χ0) is 41.5. The summed E-state index contributed by atoms with van der Waals surface area (Å²) in [5.74, 6) is -16.0. The fraction of sp³-hybridized carbons (Fsp3) is 0.488. The summed E-state index contributed by atoms with van der Waals surface area (Å²) in [6.07, 6.45) is 0. The van der Waals surface area contributed by atoms with Crippen LogP contribution in [-0.4, -0.2) is 97.1 Å². The Labute approximate surface area is 342 Å². The minimum Gasteiger partial charge on any atom is -0.377 e. The third-order valence-corrected chi connectivity index (χ3v) is 12.5. The van der Waals surface area contributed by atoms with Gasteiger partial charge in [0.05, 0.1) is 92.5 Å². The van der Waals surface area contributed by atoms with Crippen LogP contribution in [0, 0.1) is 27.7 Å². The second-order valence-corrected chi connectivity index (χ2v) is 16.5. The van der Waals surface area contributed by atoms with E-state index in [1.807, 2.05) is 24.3 Å². The first kappa shape index (κ1) is 44.4. The van der Waals surface area contributed by atoms with Crippen LogP contribution < -0.4 is 0 Å². The van der Waals surface area contributed by atoms with E-state index in [9.17, 15) is 0 Å². The Bertz CT molecular complexity index is 1870. The quantitative estimate of drug-likeness (QED) is 0.163. The Kier molecular flexibility index (Phi) is 14.9. The lowest BCUT2D eigenvalue weighted by atomic mass is 9.89. The number of thiophene rings is 2. The molecule has 5 heterocycles. The number of hydrogen-bond acceptors (Lipinski definition) is 9. The molecule has 316 valence electrons. The first-order valence-corrected chi connectivity index (χ1v) is 20.7. The third kappa shape index (κ3) is 9.43. The van der Waals surface area contributed by atoms with Crippen LogP contribution in [0.25, 0.3) is 32.0 Å². The number of ether oxygens (including phenoxy) is 7. The zero-order valence-corrected chi connectivity index (χ0v) is 34.6. The number of fused-ring (bicyclic) bond motifs is 2. The van der Waals surface area contributed by atoms with Crippen molar-refractivity contribution in [3.63, 3.8) is 0 Å². The molecule has 15 heteroatoms. The smallest absolute Gasteiger partial charge is 0.377 e. The van der Waals surface area contributed by atoms with Gasteiger partial charge < -0.3 is 33.2 Å². The molecule has 8 rings (SSSR count). The van der Waals surface area contributed by atoms with Crippen molar-refractivity contribution in [2.45, 2.75) is 58.7 Å². The summed E-state index contributed by atoms with van der Waals surface area (Å²) in [5.41, 5.74) is 0.178. The van der Waals surface area contributed by atoms with Crippen molar-refractivity contribution in [3.8, 4) is 20.9 Å². The summed E-state index contributed by atoms with van der Waals surface area (Å²) in [6, 6.07) is 14.4. The number of benzene rings is 2. The Morgan fingerprint density at radius 2 is 0.690 bits per heavy atom. The number of aryl methyl sites for hydroxylation is 2. The van der Waals surface area contributed by atoms with E-state index in [0.717, 1.165) is 33.8 Å². The maximum absolute atomic E-state index is 16.1. The van der Waals surface area contributed by atoms with Gasteiger partial charge in [0.2, 0.25) is 0 Å². The molecule has 0 N–H and O–H groups in total. The lowest BCUT2D eigenvalue weighted by Crippen LogP contribution is -2.49. The van der Waals surface area contributed by atoms with Gasteiger partial charge in [-0.1, -0.05) is 48.5 Å². The van der Waals surface area contributed by atoms with Crippen molar-refractivity contribution < 1.29 is 59.5 Å². The van der Waals surface area contributed by atoms with E-state index in [4.69, 9.17) is 33.2 Å². The van der Waals surface area contributed by atoms with E-state index in [0.29, 0.717) is 100 Å². The molecule has 0 radical (unpaired) electrons. The first-order chi connectivity index (χ1) is 27.8. The van der Waals surface area contributed by atoms with Gasteiger partial charge >= 0.3 is 17.8 Å². The fourth-order valence-corrected chi connectivity index (χ4v) is 9.43. The van der Waals surface area contributed by atoms with E-state index >= 15 is 26.3 Å². The van der Waals surface area contributed by atoms with Gasteiger partial charge in [-0.25, -0.2) is 0 Å². The summed E-state index contributed by atoms with van der Waals surface area (Å²) < 4.78 is 135. The van der Waals surface area contributed by atoms with Crippen molar-refractivity contribution in [1.82, 2.24) is 0 Å². The van der Waals surface area contributed by atoms with Crippen LogP contribution in [-0.2, 0) is 46.4 Å². The van der Waals surface area contributed by atoms with Gasteiger partial charge in [-0.3, -0.25) is 0 Å². The Morgan fingerprint density at radius 3 is 0.983 bits per heavy atom. The van der Waals surface area contributed by atoms with Crippen LogP contribution in [0.15, 0.2) is 48.5 Å². The topological polar surface area (TPSA) is 64.6 Å². The molecule has 0 atom stereocenters. The van der Waals surface area contributed by atoms with Crippen LogP contribution >= 0.6 is 22.7 Å². The van der Waals surface area contributed by atoms with Crippen LogP contribution in [0.2, 0.25) is 0 Å². The molecule has 0 saturated carbocycles. The molecule has 4 aliphatic rings. The Hall–Kier alpha value is -3.12. The van der Waals surface area contributed by atoms with Gasteiger partial charge in [0, 0.05) is 41.8 Å². The van der Waals surface area contributed by atoms with Crippen LogP contribution in [0.5, 0.6) is 0 Å². The molecule has 0 spiro atoms. The molecular weight excluding hydrogens is 807 g/mol. The number of hydrogen-bond donors (Lipinski definition) is 0. The summed E-state index contributed by atoms with van der Waals surface area (Å²) in [5, 5.41) is 0. The van der Waals surface area contributed by atoms with Crippen molar-refractivity contribution >= 4 is 33.8 Å². The first-order valence-electron chi connectivity index (χ1n) is 19.1. The van der Waals surface area contributed by atoms with Gasteiger partial charge in [-0.15, -0.1) is 22.7 Å². The standard InChI is InChI=1S/C43H48F6O7S2/c1-27-35-29(3)57-39(27)33-9-5-31(6-10-33)25-55-23-21-53-19-17-51-15-13-50-14-16-52-18-20-54-22-24-56-26-32-7-11-34(12-8-32)40-28(2)36(30(4)58-40)38-37(35)41(44,45)43(48,49)42(38,46)47/h5-12H,13-26H2,1-4H3. The number of allylic oxidation sites excluding steroid dienone is 2. The molecule has 8 bridgehead atoms. The minimum atomic E-state index is -5.67. The second kappa shape index (κ2) is 19.5. The van der Waals surface area contributed by atoms with E-state index < -0.39 is 28.9 Å². The van der Waals surface area contributed by atoms with Gasteiger partial charge in [0.1, 0.15) is 0 Å². The highest BCUT2D eigenvalue weighted by molar-refractivity contribution is 7.16. The van der Waals surface area contributed by atoms with Crippen molar-refractivity contribution in [2.75, 3.05) is 79.3 Å². The van der Waals surface area contributed by atoms with Gasteiger partial charge in [-0.05, 0) is 61.1 Å². The highest BCUT2D eigenvalue weighted by Gasteiger charge is 2.80. The van der Waals surface area contributed by atoms with Crippen LogP contribution in [0.3, 0.4) is 0 Å². The maximum Gasteiger partial charge on any atom is 0.380 e. The molecular formula is C43H48F6O7S2. The monoisotopic (exact) mass is 854 g/mol. The predicted molar refractivity (Wildman–Crippen MR) is 214 cm³/mol. The molecule has 58 heavy (non-hydrogen) atoms. The van der Waals surface area contributed by atoms with Gasteiger partial charge in [0.25, 0.3) is 0 Å². The molecule has 3 aliphatic heterocycles. The highest BCUT2D eigenvalue weighted by atomic mass is 32.1. The lowest BCUT2D eigenvalue weighted by Gasteiger charge is -2.26. The fourth-order valence-electron chi connectivity index (χ4n) is 7.09. The number of alkyl halides is 6. The lowest BCUT2D eigenvalue weighted by molar-refractivity contribution is -0.254. The third-order valence-electron chi connectivity index (χ3n) is 10.0.